The van der Waals surface area contributed by atoms with Crippen LogP contribution in [0.3, 0.4) is 0 Å². The molecule has 0 spiro atoms. The van der Waals surface area contributed by atoms with Gasteiger partial charge in [0.2, 0.25) is 0 Å². The summed E-state index contributed by atoms with van der Waals surface area (Å²) in [5, 5.41) is 0. The highest BCUT2D eigenvalue weighted by molar-refractivity contribution is 8.31. The fraction of sp³-hybridized carbons (Fsp3) is 0.222. The molecule has 0 amide bonds. The minimum absolute atomic E-state index is 0.256. The zero-order valence-corrected chi connectivity index (χ0v) is 10.7. The van der Waals surface area contributed by atoms with Gasteiger partial charge in [-0.15, -0.1) is 0 Å². The van der Waals surface area contributed by atoms with Crippen molar-refractivity contribution in [2.75, 3.05) is 6.61 Å². The molecule has 0 aliphatic carbocycles. The number of hydrogen-bond donors (Lipinski definition) is 0. The smallest absolute Gasteiger partial charge is 0.338 e. The van der Waals surface area contributed by atoms with E-state index in [1.807, 2.05) is 18.2 Å². The van der Waals surface area contributed by atoms with Gasteiger partial charge in [0.1, 0.15) is 0 Å². The zero-order valence-electron chi connectivity index (χ0n) is 8.39. The van der Waals surface area contributed by atoms with Gasteiger partial charge in [-0.05, 0) is 19.1 Å². The van der Waals surface area contributed by atoms with Crippen molar-refractivity contribution >= 4 is 35.6 Å². The summed E-state index contributed by atoms with van der Waals surface area (Å²) in [7, 11) is 4.81. The first kappa shape index (κ1) is 15.2. The molecule has 0 aliphatic rings. The number of carbonyl (C=O) groups excluding carboxylic acids is 1. The Hall–Kier alpha value is -0.780. The number of ether oxygens (including phenoxy) is 1. The molecule has 0 atom stereocenters. The van der Waals surface area contributed by atoms with E-state index in [0.29, 0.717) is 12.2 Å². The lowest BCUT2D eigenvalue weighted by molar-refractivity contribution is 0.0526. The zero-order chi connectivity index (χ0) is 12.6. The van der Waals surface area contributed by atoms with Crippen LogP contribution in [-0.2, 0) is 13.0 Å². The molecule has 0 N–H and O–H groups in total. The Bertz CT molecular complexity index is 408. The second-order valence-corrected chi connectivity index (χ2v) is 6.13. The molecule has 1 aromatic carbocycles. The molecular weight excluding hydrogens is 275 g/mol. The molecule has 0 heterocycles. The first-order chi connectivity index (χ1) is 7.34. The molecule has 0 fully saturated rings. The lowest BCUT2D eigenvalue weighted by Gasteiger charge is -1.99. The van der Waals surface area contributed by atoms with Gasteiger partial charge in [-0.25, -0.2) is 4.79 Å². The Kier molecular flexibility index (Phi) is 7.12. The van der Waals surface area contributed by atoms with Gasteiger partial charge in [0, 0.05) is 21.4 Å². The van der Waals surface area contributed by atoms with Crippen LogP contribution in [0.15, 0.2) is 30.3 Å². The quantitative estimate of drug-likeness (QED) is 0.619. The molecule has 0 bridgehead atoms. The van der Waals surface area contributed by atoms with Crippen LogP contribution >= 0.6 is 21.4 Å². The van der Waals surface area contributed by atoms with Crippen molar-refractivity contribution in [3.05, 3.63) is 35.9 Å². The van der Waals surface area contributed by atoms with Crippen molar-refractivity contribution in [3.63, 3.8) is 0 Å². The van der Waals surface area contributed by atoms with E-state index >= 15 is 0 Å². The third-order valence-electron chi connectivity index (χ3n) is 1.28. The number of carbonyl (C=O) groups is 1. The molecule has 0 unspecified atom stereocenters. The van der Waals surface area contributed by atoms with Crippen molar-refractivity contribution < 1.29 is 17.9 Å². The van der Waals surface area contributed by atoms with Crippen molar-refractivity contribution in [1.82, 2.24) is 0 Å². The lowest BCUT2D eigenvalue weighted by Crippen LogP contribution is -2.03. The largest absolute Gasteiger partial charge is 0.462 e. The summed E-state index contributed by atoms with van der Waals surface area (Å²) in [6.07, 6.45) is 0. The first-order valence-corrected chi connectivity index (χ1v) is 7.34. The van der Waals surface area contributed by atoms with E-state index in [4.69, 9.17) is 13.2 Å². The maximum absolute atomic E-state index is 11.0. The second-order valence-electron chi connectivity index (χ2n) is 2.46. The monoisotopic (exact) mass is 284 g/mol. The summed E-state index contributed by atoms with van der Waals surface area (Å²) < 4.78 is 23.1. The molecule has 1 aromatic rings. The standard InChI is InChI=1S/C9H10O2.Cl2O2S/c1-2-11-9(10)8-6-4-3-5-7-8;1-5(2,3)4/h3-7H,2H2,1H3;. The van der Waals surface area contributed by atoms with E-state index in [2.05, 4.69) is 21.4 Å². The van der Waals surface area contributed by atoms with Crippen molar-refractivity contribution in [1.29, 1.82) is 0 Å². The minimum atomic E-state index is -3.72. The molecular formula is C9H10Cl2O4S. The predicted molar refractivity (Wildman–Crippen MR) is 63.0 cm³/mol. The Morgan fingerprint density at radius 1 is 1.25 bits per heavy atom. The Morgan fingerprint density at radius 3 is 2.06 bits per heavy atom. The summed E-state index contributed by atoms with van der Waals surface area (Å²) in [4.78, 5) is 11.0. The fourth-order valence-corrected chi connectivity index (χ4v) is 0.789. The van der Waals surface area contributed by atoms with E-state index in [1.54, 1.807) is 19.1 Å². The molecule has 0 radical (unpaired) electrons. The highest BCUT2D eigenvalue weighted by atomic mass is 36.0. The molecule has 0 saturated heterocycles. The molecule has 4 nitrogen and oxygen atoms in total. The van der Waals surface area contributed by atoms with Crippen LogP contribution in [0.4, 0.5) is 0 Å². The van der Waals surface area contributed by atoms with Crippen LogP contribution in [0.5, 0.6) is 0 Å². The summed E-state index contributed by atoms with van der Waals surface area (Å²) in [5.74, 6) is -0.256. The van der Waals surface area contributed by atoms with Crippen LogP contribution in [0, 0.1) is 0 Å². The summed E-state index contributed by atoms with van der Waals surface area (Å²) >= 11 is 0. The SMILES string of the molecule is CCOC(=O)c1ccccc1.O=S(=O)(Cl)Cl. The predicted octanol–water partition coefficient (Wildman–Crippen LogP) is 2.57. The third kappa shape index (κ3) is 9.76. The topological polar surface area (TPSA) is 60.4 Å². The maximum atomic E-state index is 11.0. The number of halogens is 2. The maximum Gasteiger partial charge on any atom is 0.338 e. The Labute approximate surface area is 103 Å². The van der Waals surface area contributed by atoms with Gasteiger partial charge in [0.05, 0.1) is 12.2 Å². The summed E-state index contributed by atoms with van der Waals surface area (Å²) in [6.45, 7) is 2.22. The van der Waals surface area contributed by atoms with Crippen molar-refractivity contribution in [2.24, 2.45) is 0 Å². The number of esters is 1. The van der Waals surface area contributed by atoms with Crippen LogP contribution in [0.25, 0.3) is 0 Å². The van der Waals surface area contributed by atoms with E-state index in [-0.39, 0.29) is 5.97 Å². The summed E-state index contributed by atoms with van der Waals surface area (Å²) in [5.41, 5.74) is 0.606. The van der Waals surface area contributed by atoms with E-state index in [9.17, 15) is 4.79 Å². The van der Waals surface area contributed by atoms with E-state index in [0.717, 1.165) is 0 Å². The molecule has 90 valence electrons. The molecule has 16 heavy (non-hydrogen) atoms. The van der Waals surface area contributed by atoms with E-state index in [1.165, 1.54) is 0 Å². The summed E-state index contributed by atoms with van der Waals surface area (Å²) in [6, 6.07) is 8.96. The Balaban J connectivity index is 0.000000385. The van der Waals surface area contributed by atoms with Crippen molar-refractivity contribution in [2.45, 2.75) is 6.92 Å². The van der Waals surface area contributed by atoms with Gasteiger partial charge in [0.25, 0.3) is 0 Å². The fourth-order valence-electron chi connectivity index (χ4n) is 0.789. The lowest BCUT2D eigenvalue weighted by atomic mass is 10.2. The molecule has 0 aliphatic heterocycles. The first-order valence-electron chi connectivity index (χ1n) is 4.21. The van der Waals surface area contributed by atoms with Gasteiger partial charge in [-0.3, -0.25) is 0 Å². The van der Waals surface area contributed by atoms with Gasteiger partial charge in [-0.1, -0.05) is 18.2 Å². The molecule has 0 aromatic heterocycles. The van der Waals surface area contributed by atoms with Gasteiger partial charge >= 0.3 is 14.2 Å². The van der Waals surface area contributed by atoms with Gasteiger partial charge in [-0.2, -0.15) is 8.42 Å². The number of benzene rings is 1. The normalized spacial score (nSPS) is 9.94. The second kappa shape index (κ2) is 7.49. The minimum Gasteiger partial charge on any atom is -0.462 e. The number of hydrogen-bond acceptors (Lipinski definition) is 4. The van der Waals surface area contributed by atoms with Crippen LogP contribution in [0.1, 0.15) is 17.3 Å². The highest BCUT2D eigenvalue weighted by Crippen LogP contribution is 2.00. The van der Waals surface area contributed by atoms with Gasteiger partial charge in [0.15, 0.2) is 0 Å². The van der Waals surface area contributed by atoms with Crippen LogP contribution in [0.2, 0.25) is 0 Å². The van der Waals surface area contributed by atoms with E-state index < -0.39 is 8.26 Å². The Morgan fingerprint density at radius 2 is 1.69 bits per heavy atom. The third-order valence-corrected chi connectivity index (χ3v) is 1.28. The van der Waals surface area contributed by atoms with Gasteiger partial charge < -0.3 is 4.74 Å². The van der Waals surface area contributed by atoms with Crippen molar-refractivity contribution in [3.8, 4) is 0 Å². The number of rotatable bonds is 2. The highest BCUT2D eigenvalue weighted by Gasteiger charge is 2.02. The molecule has 0 saturated carbocycles. The average molecular weight is 285 g/mol. The van der Waals surface area contributed by atoms with Crippen LogP contribution in [-0.4, -0.2) is 21.0 Å². The molecule has 7 heteroatoms. The molecule has 1 rings (SSSR count). The average Bonchev–Trinajstić information content (AvgIpc) is 2.17. The van der Waals surface area contributed by atoms with Crippen LogP contribution < -0.4 is 0 Å².